The van der Waals surface area contributed by atoms with Crippen LogP contribution in [0, 0.1) is 0 Å². The third-order valence-electron chi connectivity index (χ3n) is 4.34. The van der Waals surface area contributed by atoms with Crippen molar-refractivity contribution in [3.8, 4) is 11.5 Å². The van der Waals surface area contributed by atoms with Crippen LogP contribution >= 0.6 is 0 Å². The number of carbonyl (C=O) groups is 1. The van der Waals surface area contributed by atoms with Crippen LogP contribution in [-0.4, -0.2) is 36.2 Å². The van der Waals surface area contributed by atoms with Gasteiger partial charge in [-0.1, -0.05) is 30.3 Å². The number of ether oxygens (including phenoxy) is 1. The average Bonchev–Trinajstić information content (AvgIpc) is 3.35. The van der Waals surface area contributed by atoms with E-state index in [0.717, 1.165) is 23.3 Å². The molecule has 0 radical (unpaired) electrons. The number of nitrogens with zero attached hydrogens (tertiary/aromatic N) is 1. The number of urea groups is 1. The first-order valence-electron chi connectivity index (χ1n) is 8.01. The first kappa shape index (κ1) is 16.2. The van der Waals surface area contributed by atoms with Crippen molar-refractivity contribution in [3.63, 3.8) is 0 Å². The van der Waals surface area contributed by atoms with E-state index in [1.54, 1.807) is 31.2 Å². The number of aromatic hydroxyl groups is 1. The van der Waals surface area contributed by atoms with Crippen LogP contribution in [0.15, 0.2) is 48.5 Å². The summed E-state index contributed by atoms with van der Waals surface area (Å²) in [6, 6.07) is 14.9. The van der Waals surface area contributed by atoms with Gasteiger partial charge in [0.15, 0.2) is 0 Å². The number of nitrogens with one attached hydrogen (secondary N) is 1. The highest BCUT2D eigenvalue weighted by Crippen LogP contribution is 2.44. The fourth-order valence-electron chi connectivity index (χ4n) is 2.89. The molecule has 0 aliphatic heterocycles. The molecule has 1 saturated carbocycles. The lowest BCUT2D eigenvalue weighted by Crippen LogP contribution is -2.38. The Morgan fingerprint density at radius 3 is 2.67 bits per heavy atom. The third kappa shape index (κ3) is 3.62. The van der Waals surface area contributed by atoms with E-state index < -0.39 is 0 Å². The molecule has 2 atom stereocenters. The second kappa shape index (κ2) is 6.83. The van der Waals surface area contributed by atoms with Gasteiger partial charge in [-0.3, -0.25) is 0 Å². The fraction of sp³-hybridized carbons (Fsp3) is 0.316. The van der Waals surface area contributed by atoms with Crippen molar-refractivity contribution in [3.05, 3.63) is 59.7 Å². The lowest BCUT2D eigenvalue weighted by molar-refractivity contribution is 0.206. The number of rotatable bonds is 5. The van der Waals surface area contributed by atoms with Crippen LogP contribution in [0.5, 0.6) is 11.5 Å². The maximum absolute atomic E-state index is 12.3. The summed E-state index contributed by atoms with van der Waals surface area (Å²) < 4.78 is 5.39. The van der Waals surface area contributed by atoms with Crippen molar-refractivity contribution >= 4 is 6.03 Å². The third-order valence-corrected chi connectivity index (χ3v) is 4.34. The van der Waals surface area contributed by atoms with Crippen LogP contribution < -0.4 is 10.1 Å². The molecule has 1 fully saturated rings. The molecule has 1 aliphatic carbocycles. The van der Waals surface area contributed by atoms with Crippen molar-refractivity contribution in [2.75, 3.05) is 14.2 Å². The summed E-state index contributed by atoms with van der Waals surface area (Å²) in [5, 5.41) is 12.4. The summed E-state index contributed by atoms with van der Waals surface area (Å²) >= 11 is 0. The number of hydrogen-bond acceptors (Lipinski definition) is 3. The molecule has 24 heavy (non-hydrogen) atoms. The Kier molecular flexibility index (Phi) is 4.60. The van der Waals surface area contributed by atoms with E-state index in [0.29, 0.717) is 12.5 Å². The molecular formula is C19H22N2O3. The van der Waals surface area contributed by atoms with Crippen molar-refractivity contribution < 1.29 is 14.6 Å². The number of para-hydroxylation sites is 1. The van der Waals surface area contributed by atoms with E-state index in [1.807, 2.05) is 30.3 Å². The number of phenolic OH excluding ortho intramolecular Hbond substituents is 1. The molecule has 2 N–H and O–H groups in total. The highest BCUT2D eigenvalue weighted by molar-refractivity contribution is 5.75. The van der Waals surface area contributed by atoms with Crippen LogP contribution in [0.4, 0.5) is 4.79 Å². The van der Waals surface area contributed by atoms with Crippen molar-refractivity contribution in [1.29, 1.82) is 0 Å². The van der Waals surface area contributed by atoms with E-state index >= 15 is 0 Å². The Hall–Kier alpha value is -2.69. The van der Waals surface area contributed by atoms with Gasteiger partial charge in [-0.05, 0) is 35.7 Å². The van der Waals surface area contributed by atoms with Crippen LogP contribution in [0.2, 0.25) is 0 Å². The summed E-state index contributed by atoms with van der Waals surface area (Å²) in [6.07, 6.45) is 0.930. The van der Waals surface area contributed by atoms with E-state index in [-0.39, 0.29) is 17.8 Å². The zero-order valence-corrected chi connectivity index (χ0v) is 13.9. The zero-order chi connectivity index (χ0) is 17.1. The molecule has 0 unspecified atom stereocenters. The number of benzene rings is 2. The number of carbonyl (C=O) groups excluding carboxylic acids is 1. The van der Waals surface area contributed by atoms with Crippen LogP contribution in [-0.2, 0) is 6.54 Å². The van der Waals surface area contributed by atoms with E-state index in [2.05, 4.69) is 11.4 Å². The molecule has 2 aromatic rings. The molecule has 0 spiro atoms. The minimum absolute atomic E-state index is 0.0922. The van der Waals surface area contributed by atoms with Gasteiger partial charge < -0.3 is 20.1 Å². The lowest BCUT2D eigenvalue weighted by Gasteiger charge is -2.18. The molecule has 1 aliphatic rings. The molecule has 0 bridgehead atoms. The fourth-order valence-corrected chi connectivity index (χ4v) is 2.89. The maximum atomic E-state index is 12.3. The van der Waals surface area contributed by atoms with Gasteiger partial charge in [-0.2, -0.15) is 0 Å². The average molecular weight is 326 g/mol. The Morgan fingerprint density at radius 1 is 1.25 bits per heavy atom. The maximum Gasteiger partial charge on any atom is 0.317 e. The van der Waals surface area contributed by atoms with Gasteiger partial charge in [-0.15, -0.1) is 0 Å². The summed E-state index contributed by atoms with van der Waals surface area (Å²) in [5.74, 6) is 1.41. The monoisotopic (exact) mass is 326 g/mol. The molecule has 3 rings (SSSR count). The van der Waals surface area contributed by atoms with Gasteiger partial charge >= 0.3 is 6.03 Å². The normalized spacial score (nSPS) is 18.8. The molecule has 0 heterocycles. The first-order chi connectivity index (χ1) is 11.6. The molecule has 5 heteroatoms. The number of amides is 2. The summed E-state index contributed by atoms with van der Waals surface area (Å²) in [4.78, 5) is 14.0. The summed E-state index contributed by atoms with van der Waals surface area (Å²) in [6.45, 7) is 0.498. The summed E-state index contributed by atoms with van der Waals surface area (Å²) in [7, 11) is 3.43. The number of methoxy groups -OCH3 is 1. The van der Waals surface area contributed by atoms with Crippen LogP contribution in [0.3, 0.4) is 0 Å². The minimum Gasteiger partial charge on any atom is -0.508 e. The van der Waals surface area contributed by atoms with Crippen molar-refractivity contribution in [2.45, 2.75) is 24.9 Å². The molecule has 5 nitrogen and oxygen atoms in total. The minimum atomic E-state index is -0.0922. The Balaban J connectivity index is 1.55. The lowest BCUT2D eigenvalue weighted by atomic mass is 10.1. The van der Waals surface area contributed by atoms with Crippen molar-refractivity contribution in [1.82, 2.24) is 10.2 Å². The van der Waals surface area contributed by atoms with E-state index in [4.69, 9.17) is 4.74 Å². The van der Waals surface area contributed by atoms with Crippen LogP contribution in [0.1, 0.15) is 23.5 Å². The van der Waals surface area contributed by atoms with Crippen LogP contribution in [0.25, 0.3) is 0 Å². The second-order valence-electron chi connectivity index (χ2n) is 6.16. The largest absolute Gasteiger partial charge is 0.508 e. The molecule has 126 valence electrons. The summed E-state index contributed by atoms with van der Waals surface area (Å²) in [5.41, 5.74) is 2.12. The van der Waals surface area contributed by atoms with Gasteiger partial charge in [-0.25, -0.2) is 4.79 Å². The highest BCUT2D eigenvalue weighted by Gasteiger charge is 2.41. The first-order valence-corrected chi connectivity index (χ1v) is 8.01. The standard InChI is InChI=1S/C19H22N2O3/c1-21(12-13-7-9-14(22)10-8-13)19(23)20-17-11-16(17)15-5-3-4-6-18(15)24-2/h3-10,16-17,22H,11-12H2,1-2H3,(H,20,23)/t16-,17-/m1/s1. The Bertz CT molecular complexity index is 715. The highest BCUT2D eigenvalue weighted by atomic mass is 16.5. The van der Waals surface area contributed by atoms with Gasteiger partial charge in [0.2, 0.25) is 0 Å². The smallest absolute Gasteiger partial charge is 0.317 e. The van der Waals surface area contributed by atoms with Crippen molar-refractivity contribution in [2.24, 2.45) is 0 Å². The predicted molar refractivity (Wildman–Crippen MR) is 92.2 cm³/mol. The SMILES string of the molecule is COc1ccccc1[C@H]1C[C@H]1NC(=O)N(C)Cc1ccc(O)cc1. The second-order valence-corrected chi connectivity index (χ2v) is 6.16. The van der Waals surface area contributed by atoms with Gasteiger partial charge in [0, 0.05) is 25.6 Å². The molecule has 0 saturated heterocycles. The Morgan fingerprint density at radius 2 is 1.96 bits per heavy atom. The topological polar surface area (TPSA) is 61.8 Å². The van der Waals surface area contributed by atoms with Gasteiger partial charge in [0.1, 0.15) is 11.5 Å². The van der Waals surface area contributed by atoms with E-state index in [9.17, 15) is 9.90 Å². The number of phenols is 1. The Labute approximate surface area is 141 Å². The molecule has 2 amide bonds. The molecule has 2 aromatic carbocycles. The molecular weight excluding hydrogens is 304 g/mol. The quantitative estimate of drug-likeness (QED) is 0.887. The number of hydrogen-bond donors (Lipinski definition) is 2. The van der Waals surface area contributed by atoms with Gasteiger partial charge in [0.05, 0.1) is 7.11 Å². The predicted octanol–water partition coefficient (Wildman–Crippen LogP) is 3.10. The zero-order valence-electron chi connectivity index (χ0n) is 13.9. The molecule has 0 aromatic heterocycles. The van der Waals surface area contributed by atoms with Gasteiger partial charge in [0.25, 0.3) is 0 Å². The van der Waals surface area contributed by atoms with E-state index in [1.165, 1.54) is 0 Å².